The number of halogens is 2. The molecular formula is C19H21BrFNO4S. The second kappa shape index (κ2) is 9.96. The maximum atomic E-state index is 13.1. The summed E-state index contributed by atoms with van der Waals surface area (Å²) < 4.78 is 46.2. The minimum atomic E-state index is -3.77. The van der Waals surface area contributed by atoms with Gasteiger partial charge in [-0.3, -0.25) is 4.79 Å². The van der Waals surface area contributed by atoms with Crippen LogP contribution in [0, 0.1) is 5.82 Å². The van der Waals surface area contributed by atoms with E-state index in [1.807, 2.05) is 0 Å². The van der Waals surface area contributed by atoms with Crippen molar-refractivity contribution in [3.8, 4) is 0 Å². The normalized spacial score (nSPS) is 11.6. The third kappa shape index (κ3) is 6.41. The van der Waals surface area contributed by atoms with Crippen molar-refractivity contribution in [1.29, 1.82) is 0 Å². The van der Waals surface area contributed by atoms with Gasteiger partial charge in [-0.25, -0.2) is 12.8 Å². The molecule has 0 aliphatic heterocycles. The van der Waals surface area contributed by atoms with E-state index in [1.54, 1.807) is 31.2 Å². The molecule has 0 saturated heterocycles. The summed E-state index contributed by atoms with van der Waals surface area (Å²) in [6.45, 7) is 2.24. The molecule has 0 aliphatic rings. The number of rotatable bonds is 9. The summed E-state index contributed by atoms with van der Waals surface area (Å²) in [5.41, 5.74) is 0.660. The summed E-state index contributed by atoms with van der Waals surface area (Å²) in [7, 11) is -3.77. The van der Waals surface area contributed by atoms with Crippen LogP contribution in [0.25, 0.3) is 0 Å². The SMILES string of the molecule is CCOC(=O)CCCN(Cc1ccc(F)cc1)S(=O)(=O)c1ccc(Br)cc1. The lowest BCUT2D eigenvalue weighted by Crippen LogP contribution is -2.32. The van der Waals surface area contributed by atoms with E-state index < -0.39 is 10.0 Å². The van der Waals surface area contributed by atoms with Gasteiger partial charge in [-0.15, -0.1) is 0 Å². The number of hydrogen-bond donors (Lipinski definition) is 0. The van der Waals surface area contributed by atoms with Gasteiger partial charge in [0.05, 0.1) is 11.5 Å². The van der Waals surface area contributed by atoms with Crippen molar-refractivity contribution in [2.75, 3.05) is 13.2 Å². The van der Waals surface area contributed by atoms with Gasteiger partial charge in [0.2, 0.25) is 10.0 Å². The van der Waals surface area contributed by atoms with E-state index in [-0.39, 0.29) is 42.8 Å². The smallest absolute Gasteiger partial charge is 0.305 e. The predicted octanol–water partition coefficient (Wildman–Crippen LogP) is 4.12. The number of hydrogen-bond acceptors (Lipinski definition) is 4. The molecule has 5 nitrogen and oxygen atoms in total. The van der Waals surface area contributed by atoms with E-state index in [9.17, 15) is 17.6 Å². The van der Waals surface area contributed by atoms with Gasteiger partial charge >= 0.3 is 5.97 Å². The molecule has 0 fully saturated rings. The number of nitrogens with zero attached hydrogens (tertiary/aromatic N) is 1. The van der Waals surface area contributed by atoms with E-state index in [4.69, 9.17) is 4.74 Å². The molecule has 0 N–H and O–H groups in total. The molecule has 27 heavy (non-hydrogen) atoms. The Hall–Kier alpha value is -1.77. The standard InChI is InChI=1S/C19H21BrFNO4S/c1-2-26-19(23)4-3-13-22(14-15-5-9-17(21)10-6-15)27(24,25)18-11-7-16(20)8-12-18/h5-12H,2-4,13-14H2,1H3. The number of carbonyl (C=O) groups is 1. The van der Waals surface area contributed by atoms with Crippen molar-refractivity contribution < 1.29 is 22.3 Å². The number of sulfonamides is 1. The fourth-order valence-electron chi connectivity index (χ4n) is 2.47. The highest BCUT2D eigenvalue weighted by Gasteiger charge is 2.24. The Morgan fingerprint density at radius 2 is 1.74 bits per heavy atom. The van der Waals surface area contributed by atoms with Crippen molar-refractivity contribution in [2.45, 2.75) is 31.2 Å². The molecule has 2 aromatic rings. The monoisotopic (exact) mass is 457 g/mol. The minimum Gasteiger partial charge on any atom is -0.466 e. The van der Waals surface area contributed by atoms with E-state index in [1.165, 1.54) is 28.6 Å². The Bertz CT molecular complexity index is 854. The van der Waals surface area contributed by atoms with Crippen LogP contribution in [0.1, 0.15) is 25.3 Å². The molecular weight excluding hydrogens is 437 g/mol. The number of carbonyl (C=O) groups excluding carboxylic acids is 1. The van der Waals surface area contributed by atoms with Crippen LogP contribution in [-0.4, -0.2) is 31.8 Å². The predicted molar refractivity (Wildman–Crippen MR) is 104 cm³/mol. The van der Waals surface area contributed by atoms with E-state index in [0.29, 0.717) is 12.0 Å². The number of ether oxygens (including phenoxy) is 1. The van der Waals surface area contributed by atoms with Gasteiger partial charge in [-0.1, -0.05) is 28.1 Å². The number of benzene rings is 2. The van der Waals surface area contributed by atoms with Gasteiger partial charge in [0, 0.05) is 24.0 Å². The maximum absolute atomic E-state index is 13.1. The van der Waals surface area contributed by atoms with E-state index in [2.05, 4.69) is 15.9 Å². The lowest BCUT2D eigenvalue weighted by molar-refractivity contribution is -0.143. The van der Waals surface area contributed by atoms with Crippen LogP contribution in [0.3, 0.4) is 0 Å². The first-order chi connectivity index (χ1) is 12.8. The molecule has 0 unspecified atom stereocenters. The molecule has 0 radical (unpaired) electrons. The van der Waals surface area contributed by atoms with Crippen LogP contribution in [0.2, 0.25) is 0 Å². The highest BCUT2D eigenvalue weighted by Crippen LogP contribution is 2.21. The first-order valence-corrected chi connectivity index (χ1v) is 10.7. The fraction of sp³-hybridized carbons (Fsp3) is 0.316. The van der Waals surface area contributed by atoms with Crippen molar-refractivity contribution in [3.63, 3.8) is 0 Å². The van der Waals surface area contributed by atoms with Crippen molar-refractivity contribution >= 4 is 31.9 Å². The molecule has 0 atom stereocenters. The molecule has 0 aromatic heterocycles. The van der Waals surface area contributed by atoms with Crippen LogP contribution < -0.4 is 0 Å². The second-order valence-corrected chi connectivity index (χ2v) is 8.68. The Balaban J connectivity index is 2.20. The minimum absolute atomic E-state index is 0.0848. The first-order valence-electron chi connectivity index (χ1n) is 8.48. The van der Waals surface area contributed by atoms with Crippen LogP contribution >= 0.6 is 15.9 Å². The summed E-state index contributed by atoms with van der Waals surface area (Å²) in [4.78, 5) is 11.7. The quantitative estimate of drug-likeness (QED) is 0.531. The second-order valence-electron chi connectivity index (χ2n) is 5.83. The average Bonchev–Trinajstić information content (AvgIpc) is 2.63. The zero-order valence-electron chi connectivity index (χ0n) is 14.9. The summed E-state index contributed by atoms with van der Waals surface area (Å²) in [6.07, 6.45) is 0.458. The Kier molecular flexibility index (Phi) is 7.94. The Morgan fingerprint density at radius 1 is 1.11 bits per heavy atom. The topological polar surface area (TPSA) is 63.7 Å². The molecule has 0 saturated carbocycles. The van der Waals surface area contributed by atoms with Gasteiger partial charge < -0.3 is 4.74 Å². The van der Waals surface area contributed by atoms with Crippen LogP contribution in [0.15, 0.2) is 57.9 Å². The van der Waals surface area contributed by atoms with Gasteiger partial charge in [0.15, 0.2) is 0 Å². The van der Waals surface area contributed by atoms with Crippen LogP contribution in [0.4, 0.5) is 4.39 Å². The molecule has 0 bridgehead atoms. The Morgan fingerprint density at radius 3 is 2.33 bits per heavy atom. The van der Waals surface area contributed by atoms with Crippen LogP contribution in [0.5, 0.6) is 0 Å². The molecule has 2 aromatic carbocycles. The van der Waals surface area contributed by atoms with Crippen molar-refractivity contribution in [2.24, 2.45) is 0 Å². The number of esters is 1. The average molecular weight is 458 g/mol. The zero-order chi connectivity index (χ0) is 19.9. The van der Waals surface area contributed by atoms with Crippen molar-refractivity contribution in [3.05, 3.63) is 64.4 Å². The highest BCUT2D eigenvalue weighted by atomic mass is 79.9. The third-order valence-electron chi connectivity index (χ3n) is 3.82. The lowest BCUT2D eigenvalue weighted by Gasteiger charge is -2.22. The van der Waals surface area contributed by atoms with Crippen molar-refractivity contribution in [1.82, 2.24) is 4.31 Å². The zero-order valence-corrected chi connectivity index (χ0v) is 17.3. The summed E-state index contributed by atoms with van der Waals surface area (Å²) in [5, 5.41) is 0. The molecule has 146 valence electrons. The largest absolute Gasteiger partial charge is 0.466 e. The van der Waals surface area contributed by atoms with Crippen LogP contribution in [-0.2, 0) is 26.1 Å². The summed E-state index contributed by atoms with van der Waals surface area (Å²) >= 11 is 3.29. The van der Waals surface area contributed by atoms with Gasteiger partial charge in [0.1, 0.15) is 5.82 Å². The first kappa shape index (κ1) is 21.5. The molecule has 0 heterocycles. The lowest BCUT2D eigenvalue weighted by atomic mass is 10.2. The molecule has 0 spiro atoms. The molecule has 0 aliphatic carbocycles. The summed E-state index contributed by atoms with van der Waals surface area (Å²) in [5.74, 6) is -0.747. The van der Waals surface area contributed by atoms with E-state index in [0.717, 1.165) is 4.47 Å². The maximum Gasteiger partial charge on any atom is 0.305 e. The molecule has 8 heteroatoms. The van der Waals surface area contributed by atoms with Gasteiger partial charge in [-0.2, -0.15) is 4.31 Å². The fourth-order valence-corrected chi connectivity index (χ4v) is 4.20. The highest BCUT2D eigenvalue weighted by molar-refractivity contribution is 9.10. The van der Waals surface area contributed by atoms with Gasteiger partial charge in [-0.05, 0) is 55.3 Å². The van der Waals surface area contributed by atoms with E-state index >= 15 is 0 Å². The summed E-state index contributed by atoms with van der Waals surface area (Å²) in [6, 6.07) is 12.0. The third-order valence-corrected chi connectivity index (χ3v) is 6.21. The molecule has 2 rings (SSSR count). The van der Waals surface area contributed by atoms with Gasteiger partial charge in [0.25, 0.3) is 0 Å². The Labute approximate surface area is 167 Å². The molecule has 0 amide bonds.